The van der Waals surface area contributed by atoms with Gasteiger partial charge < -0.3 is 18.6 Å². The van der Waals surface area contributed by atoms with E-state index in [1.165, 1.54) is 32.4 Å². The number of non-ortho nitro benzene ring substituents is 1. The number of benzene rings is 3. The Hall–Kier alpha value is -4.66. The number of ether oxygens (including phenoxy) is 3. The van der Waals surface area contributed by atoms with Crippen LogP contribution in [-0.4, -0.2) is 31.5 Å². The predicted molar refractivity (Wildman–Crippen MR) is 133 cm³/mol. The average Bonchev–Trinajstić information content (AvgIpc) is 2.87. The van der Waals surface area contributed by atoms with Crippen LogP contribution in [0.5, 0.6) is 17.2 Å². The van der Waals surface area contributed by atoms with Gasteiger partial charge >= 0.3 is 0 Å². The van der Waals surface area contributed by atoms with Gasteiger partial charge in [0, 0.05) is 23.3 Å². The molecule has 9 heteroatoms. The highest BCUT2D eigenvalue weighted by Gasteiger charge is 2.22. The highest BCUT2D eigenvalue weighted by atomic mass is 16.6. The second-order valence-corrected chi connectivity index (χ2v) is 8.14. The Kier molecular flexibility index (Phi) is 6.73. The number of aryl methyl sites for hydroxylation is 2. The molecule has 0 amide bonds. The number of hydrogen-bond acceptors (Lipinski definition) is 8. The first-order valence-electron chi connectivity index (χ1n) is 10.9. The minimum Gasteiger partial charge on any atom is -0.493 e. The lowest BCUT2D eigenvalue weighted by atomic mass is 10.0. The zero-order valence-corrected chi connectivity index (χ0v) is 20.1. The van der Waals surface area contributed by atoms with E-state index in [1.54, 1.807) is 24.3 Å². The Balaban J connectivity index is 1.83. The molecule has 0 aliphatic carbocycles. The molecule has 4 rings (SSSR count). The number of ketones is 1. The van der Waals surface area contributed by atoms with Crippen LogP contribution in [0.15, 0.2) is 63.8 Å². The number of hydrogen-bond donors (Lipinski definition) is 0. The lowest BCUT2D eigenvalue weighted by molar-refractivity contribution is -0.384. The molecule has 9 nitrogen and oxygen atoms in total. The van der Waals surface area contributed by atoms with Crippen LogP contribution in [0.25, 0.3) is 22.3 Å². The smallest absolute Gasteiger partial charge is 0.270 e. The number of nitro groups is 1. The molecule has 0 N–H and O–H groups in total. The third-order valence-electron chi connectivity index (χ3n) is 5.65. The molecule has 0 aliphatic rings. The first-order valence-corrected chi connectivity index (χ1v) is 10.9. The fraction of sp³-hybridized carbons (Fsp3) is 0.185. The zero-order chi connectivity index (χ0) is 26.0. The second kappa shape index (κ2) is 9.91. The van der Waals surface area contributed by atoms with Crippen LogP contribution in [-0.2, 0) is 0 Å². The molecule has 3 aromatic carbocycles. The summed E-state index contributed by atoms with van der Waals surface area (Å²) in [5, 5.41) is 11.4. The average molecular weight is 489 g/mol. The summed E-state index contributed by atoms with van der Waals surface area (Å²) in [5.41, 5.74) is 1.93. The van der Waals surface area contributed by atoms with E-state index in [9.17, 15) is 19.7 Å². The van der Waals surface area contributed by atoms with E-state index in [-0.39, 0.29) is 22.8 Å². The maximum Gasteiger partial charge on any atom is 0.270 e. The van der Waals surface area contributed by atoms with Crippen LogP contribution in [0.4, 0.5) is 5.69 Å². The Morgan fingerprint density at radius 1 is 1.00 bits per heavy atom. The van der Waals surface area contributed by atoms with Gasteiger partial charge in [0.15, 0.2) is 29.6 Å². The number of rotatable bonds is 8. The summed E-state index contributed by atoms with van der Waals surface area (Å²) in [4.78, 5) is 36.8. The van der Waals surface area contributed by atoms with Gasteiger partial charge in [-0.1, -0.05) is 18.2 Å². The Bertz CT molecular complexity index is 1550. The number of nitrogens with zero attached hydrogens (tertiary/aromatic N) is 1. The largest absolute Gasteiger partial charge is 0.493 e. The van der Waals surface area contributed by atoms with E-state index in [0.717, 1.165) is 17.2 Å². The Morgan fingerprint density at radius 2 is 1.75 bits per heavy atom. The molecule has 0 radical (unpaired) electrons. The number of fused-ring (bicyclic) bond motifs is 1. The summed E-state index contributed by atoms with van der Waals surface area (Å²) in [6, 6.07) is 13.9. The normalized spacial score (nSPS) is 10.8. The maximum atomic E-state index is 13.6. The van der Waals surface area contributed by atoms with Crippen LogP contribution in [0.2, 0.25) is 0 Å². The van der Waals surface area contributed by atoms with Crippen molar-refractivity contribution in [3.8, 4) is 28.6 Å². The van der Waals surface area contributed by atoms with Crippen molar-refractivity contribution in [1.82, 2.24) is 0 Å². The van der Waals surface area contributed by atoms with Gasteiger partial charge in [-0.3, -0.25) is 19.7 Å². The number of Topliss-reactive ketones (excluding diaryl/α,β-unsaturated/α-hetero) is 1. The Labute approximate surface area is 206 Å². The van der Waals surface area contributed by atoms with E-state index in [0.29, 0.717) is 28.0 Å². The van der Waals surface area contributed by atoms with Gasteiger partial charge in [-0.25, -0.2) is 0 Å². The molecule has 1 aromatic heterocycles. The summed E-state index contributed by atoms with van der Waals surface area (Å²) in [6.45, 7) is 3.17. The molecule has 4 aromatic rings. The Morgan fingerprint density at radius 3 is 2.44 bits per heavy atom. The molecule has 1 heterocycles. The monoisotopic (exact) mass is 489 g/mol. The SMILES string of the molecule is COc1ccc(-c2oc3c(C)cc(C)cc3c(=O)c2OCC(=O)c2cccc([N+](=O)[O-])c2)cc1OC. The van der Waals surface area contributed by atoms with Crippen LogP contribution in [0, 0.1) is 24.0 Å². The summed E-state index contributed by atoms with van der Waals surface area (Å²) in [5.74, 6) is 0.333. The van der Waals surface area contributed by atoms with Crippen molar-refractivity contribution in [2.45, 2.75) is 13.8 Å². The molecular weight excluding hydrogens is 466 g/mol. The highest BCUT2D eigenvalue weighted by Crippen LogP contribution is 2.37. The molecule has 0 atom stereocenters. The lowest BCUT2D eigenvalue weighted by Gasteiger charge is -2.14. The summed E-state index contributed by atoms with van der Waals surface area (Å²) < 4.78 is 22.6. The first-order chi connectivity index (χ1) is 17.2. The quantitative estimate of drug-likeness (QED) is 0.187. The molecule has 0 fully saturated rings. The number of methoxy groups -OCH3 is 2. The standard InChI is InChI=1S/C27H23NO8/c1-15-10-16(2)25-20(11-15)24(30)27(26(36-25)18-8-9-22(33-3)23(13-18)34-4)35-14-21(29)17-6-5-7-19(12-17)28(31)32/h5-13H,14H2,1-4H3. The molecule has 0 unspecified atom stereocenters. The molecule has 0 aliphatic heterocycles. The topological polar surface area (TPSA) is 118 Å². The van der Waals surface area contributed by atoms with Crippen LogP contribution >= 0.6 is 0 Å². The van der Waals surface area contributed by atoms with E-state index in [2.05, 4.69) is 0 Å². The lowest BCUT2D eigenvalue weighted by Crippen LogP contribution is -2.17. The second-order valence-electron chi connectivity index (χ2n) is 8.14. The van der Waals surface area contributed by atoms with Crippen molar-refractivity contribution in [3.05, 3.63) is 91.6 Å². The van der Waals surface area contributed by atoms with Gasteiger partial charge in [-0.15, -0.1) is 0 Å². The molecule has 0 saturated heterocycles. The van der Waals surface area contributed by atoms with E-state index >= 15 is 0 Å². The van der Waals surface area contributed by atoms with Crippen LogP contribution in [0.1, 0.15) is 21.5 Å². The third kappa shape index (κ3) is 4.63. The van der Waals surface area contributed by atoms with Crippen molar-refractivity contribution in [3.63, 3.8) is 0 Å². The number of carbonyl (C=O) groups is 1. The molecule has 0 spiro atoms. The zero-order valence-electron chi connectivity index (χ0n) is 20.1. The summed E-state index contributed by atoms with van der Waals surface area (Å²) >= 11 is 0. The minimum absolute atomic E-state index is 0.0914. The van der Waals surface area contributed by atoms with Crippen molar-refractivity contribution < 1.29 is 28.3 Å². The number of carbonyl (C=O) groups excluding carboxylic acids is 1. The van der Waals surface area contributed by atoms with Gasteiger partial charge in [0.25, 0.3) is 5.69 Å². The first kappa shape index (κ1) is 24.5. The van der Waals surface area contributed by atoms with Gasteiger partial charge in [0.1, 0.15) is 5.58 Å². The molecule has 0 saturated carbocycles. The third-order valence-corrected chi connectivity index (χ3v) is 5.65. The maximum absolute atomic E-state index is 13.6. The van der Waals surface area contributed by atoms with Crippen LogP contribution in [0.3, 0.4) is 0 Å². The van der Waals surface area contributed by atoms with Crippen LogP contribution < -0.4 is 19.6 Å². The fourth-order valence-corrected chi connectivity index (χ4v) is 3.94. The number of nitro benzene ring substituents is 1. The van der Waals surface area contributed by atoms with E-state index in [1.807, 2.05) is 19.9 Å². The van der Waals surface area contributed by atoms with Crippen molar-refractivity contribution in [2.24, 2.45) is 0 Å². The highest BCUT2D eigenvalue weighted by molar-refractivity contribution is 5.98. The molecular formula is C27H23NO8. The predicted octanol–water partition coefficient (Wildman–Crippen LogP) is 5.26. The summed E-state index contributed by atoms with van der Waals surface area (Å²) in [7, 11) is 2.99. The van der Waals surface area contributed by atoms with Gasteiger partial charge in [0.2, 0.25) is 11.2 Å². The summed E-state index contributed by atoms with van der Waals surface area (Å²) in [6.07, 6.45) is 0. The van der Waals surface area contributed by atoms with Crippen molar-refractivity contribution in [1.29, 1.82) is 0 Å². The van der Waals surface area contributed by atoms with E-state index < -0.39 is 22.7 Å². The van der Waals surface area contributed by atoms with Gasteiger partial charge in [-0.05, 0) is 49.2 Å². The van der Waals surface area contributed by atoms with Crippen molar-refractivity contribution >= 4 is 22.4 Å². The minimum atomic E-state index is -0.588. The molecule has 0 bridgehead atoms. The van der Waals surface area contributed by atoms with Gasteiger partial charge in [0.05, 0.1) is 24.5 Å². The molecule has 36 heavy (non-hydrogen) atoms. The molecule has 184 valence electrons. The van der Waals surface area contributed by atoms with Gasteiger partial charge in [-0.2, -0.15) is 0 Å². The van der Waals surface area contributed by atoms with Crippen molar-refractivity contribution in [2.75, 3.05) is 20.8 Å². The van der Waals surface area contributed by atoms with E-state index in [4.69, 9.17) is 18.6 Å². The fourth-order valence-electron chi connectivity index (χ4n) is 3.94.